The SMILES string of the molecule is Cc1cc(-c2cnc(NCc3ccccc3F)nc2-c2ccco2)on1. The van der Waals surface area contributed by atoms with Gasteiger partial charge in [0, 0.05) is 24.4 Å². The Morgan fingerprint density at radius 2 is 2.00 bits per heavy atom. The quantitative estimate of drug-likeness (QED) is 0.573. The van der Waals surface area contributed by atoms with Crippen molar-refractivity contribution in [2.45, 2.75) is 13.5 Å². The van der Waals surface area contributed by atoms with Crippen molar-refractivity contribution in [2.75, 3.05) is 5.32 Å². The monoisotopic (exact) mass is 350 g/mol. The minimum atomic E-state index is -0.278. The first kappa shape index (κ1) is 16.0. The molecule has 0 fully saturated rings. The predicted octanol–water partition coefficient (Wildman–Crippen LogP) is 4.45. The molecule has 130 valence electrons. The second-order valence-corrected chi connectivity index (χ2v) is 5.71. The molecule has 0 radical (unpaired) electrons. The molecule has 0 aliphatic carbocycles. The van der Waals surface area contributed by atoms with Crippen molar-refractivity contribution in [1.29, 1.82) is 0 Å². The largest absolute Gasteiger partial charge is 0.463 e. The van der Waals surface area contributed by atoms with Crippen LogP contribution in [0.25, 0.3) is 22.8 Å². The first-order valence-electron chi connectivity index (χ1n) is 8.02. The molecule has 0 aliphatic rings. The third kappa shape index (κ3) is 3.19. The summed E-state index contributed by atoms with van der Waals surface area (Å²) in [5.41, 5.74) is 2.52. The molecule has 0 unspecified atom stereocenters. The first-order chi connectivity index (χ1) is 12.7. The summed E-state index contributed by atoms with van der Waals surface area (Å²) in [6.45, 7) is 2.11. The van der Waals surface area contributed by atoms with Crippen molar-refractivity contribution in [1.82, 2.24) is 15.1 Å². The normalized spacial score (nSPS) is 10.8. The highest BCUT2D eigenvalue weighted by Crippen LogP contribution is 2.31. The standard InChI is InChI=1S/C19H15FN4O2/c1-12-9-17(26-24-12)14-11-22-19(23-18(14)16-7-4-8-25-16)21-10-13-5-2-3-6-15(13)20/h2-9,11H,10H2,1H3,(H,21,22,23). The number of aryl methyl sites for hydroxylation is 1. The lowest BCUT2D eigenvalue weighted by molar-refractivity contribution is 0.427. The lowest BCUT2D eigenvalue weighted by Crippen LogP contribution is -2.06. The molecule has 3 heterocycles. The maximum atomic E-state index is 13.8. The van der Waals surface area contributed by atoms with Gasteiger partial charge in [0.05, 0.1) is 17.5 Å². The van der Waals surface area contributed by atoms with E-state index >= 15 is 0 Å². The maximum Gasteiger partial charge on any atom is 0.223 e. The van der Waals surface area contributed by atoms with Crippen LogP contribution >= 0.6 is 0 Å². The van der Waals surface area contributed by atoms with E-state index in [1.807, 2.05) is 6.92 Å². The van der Waals surface area contributed by atoms with Gasteiger partial charge in [0.25, 0.3) is 0 Å². The second-order valence-electron chi connectivity index (χ2n) is 5.71. The number of benzene rings is 1. The molecule has 0 amide bonds. The molecule has 26 heavy (non-hydrogen) atoms. The zero-order valence-electron chi connectivity index (χ0n) is 13.9. The Morgan fingerprint density at radius 3 is 2.73 bits per heavy atom. The summed E-state index contributed by atoms with van der Waals surface area (Å²) >= 11 is 0. The van der Waals surface area contributed by atoms with E-state index in [9.17, 15) is 4.39 Å². The lowest BCUT2D eigenvalue weighted by Gasteiger charge is -2.09. The van der Waals surface area contributed by atoms with Gasteiger partial charge in [-0.1, -0.05) is 23.4 Å². The number of hydrogen-bond donors (Lipinski definition) is 1. The van der Waals surface area contributed by atoms with E-state index in [1.54, 1.807) is 48.9 Å². The molecule has 4 rings (SSSR count). The van der Waals surface area contributed by atoms with E-state index in [-0.39, 0.29) is 12.4 Å². The van der Waals surface area contributed by atoms with Gasteiger partial charge < -0.3 is 14.3 Å². The summed E-state index contributed by atoms with van der Waals surface area (Å²) < 4.78 is 24.6. The minimum Gasteiger partial charge on any atom is -0.463 e. The van der Waals surface area contributed by atoms with Gasteiger partial charge in [0.2, 0.25) is 5.95 Å². The number of hydrogen-bond acceptors (Lipinski definition) is 6. The summed E-state index contributed by atoms with van der Waals surface area (Å²) in [5.74, 6) is 1.21. The fourth-order valence-electron chi connectivity index (χ4n) is 2.56. The number of halogens is 1. The van der Waals surface area contributed by atoms with E-state index in [0.29, 0.717) is 34.3 Å². The Bertz CT molecular complexity index is 1030. The molecule has 7 heteroatoms. The average molecular weight is 350 g/mol. The highest BCUT2D eigenvalue weighted by atomic mass is 19.1. The zero-order chi connectivity index (χ0) is 17.9. The van der Waals surface area contributed by atoms with Gasteiger partial charge in [-0.25, -0.2) is 14.4 Å². The van der Waals surface area contributed by atoms with Crippen LogP contribution in [-0.2, 0) is 6.54 Å². The van der Waals surface area contributed by atoms with Gasteiger partial charge in [0.15, 0.2) is 11.5 Å². The summed E-state index contributed by atoms with van der Waals surface area (Å²) in [5, 5.41) is 6.94. The van der Waals surface area contributed by atoms with Gasteiger partial charge in [-0.3, -0.25) is 0 Å². The number of nitrogens with one attached hydrogen (secondary N) is 1. The van der Waals surface area contributed by atoms with Crippen LogP contribution in [0.5, 0.6) is 0 Å². The molecule has 1 aromatic carbocycles. The maximum absolute atomic E-state index is 13.8. The molecule has 6 nitrogen and oxygen atoms in total. The summed E-state index contributed by atoms with van der Waals surface area (Å²) in [7, 11) is 0. The first-order valence-corrected chi connectivity index (χ1v) is 8.02. The average Bonchev–Trinajstić information content (AvgIpc) is 3.33. The van der Waals surface area contributed by atoms with Crippen LogP contribution in [0.3, 0.4) is 0 Å². The van der Waals surface area contributed by atoms with E-state index < -0.39 is 0 Å². The van der Waals surface area contributed by atoms with Gasteiger partial charge in [-0.05, 0) is 25.1 Å². The molecule has 0 saturated carbocycles. The third-order valence-corrected chi connectivity index (χ3v) is 3.83. The number of anilines is 1. The van der Waals surface area contributed by atoms with Crippen LogP contribution < -0.4 is 5.32 Å². The highest BCUT2D eigenvalue weighted by Gasteiger charge is 2.17. The number of aromatic nitrogens is 3. The van der Waals surface area contributed by atoms with Crippen LogP contribution in [0.15, 0.2) is 63.9 Å². The molecule has 1 N–H and O–H groups in total. The third-order valence-electron chi connectivity index (χ3n) is 3.83. The molecular weight excluding hydrogens is 335 g/mol. The Hall–Kier alpha value is -3.48. The highest BCUT2D eigenvalue weighted by molar-refractivity contribution is 5.75. The minimum absolute atomic E-state index is 0.269. The number of rotatable bonds is 5. The Morgan fingerprint density at radius 1 is 1.12 bits per heavy atom. The van der Waals surface area contributed by atoms with Crippen LogP contribution in [0.2, 0.25) is 0 Å². The van der Waals surface area contributed by atoms with E-state index in [2.05, 4.69) is 20.4 Å². The van der Waals surface area contributed by atoms with Crippen molar-refractivity contribution in [3.8, 4) is 22.8 Å². The van der Waals surface area contributed by atoms with Crippen LogP contribution in [0, 0.1) is 12.7 Å². The van der Waals surface area contributed by atoms with E-state index in [1.165, 1.54) is 6.07 Å². The molecule has 3 aromatic heterocycles. The molecule has 0 saturated heterocycles. The predicted molar refractivity (Wildman–Crippen MR) is 93.7 cm³/mol. The topological polar surface area (TPSA) is 77.0 Å². The molecule has 0 bridgehead atoms. The second kappa shape index (κ2) is 6.79. The summed E-state index contributed by atoms with van der Waals surface area (Å²) in [4.78, 5) is 8.82. The molecular formula is C19H15FN4O2. The van der Waals surface area contributed by atoms with E-state index in [4.69, 9.17) is 8.94 Å². The Labute approximate surface area is 148 Å². The molecule has 0 spiro atoms. The van der Waals surface area contributed by atoms with Crippen molar-refractivity contribution in [3.05, 3.63) is 72.0 Å². The van der Waals surface area contributed by atoms with Crippen molar-refractivity contribution in [3.63, 3.8) is 0 Å². The Kier molecular flexibility index (Phi) is 4.18. The zero-order valence-corrected chi connectivity index (χ0v) is 13.9. The van der Waals surface area contributed by atoms with Crippen molar-refractivity contribution in [2.24, 2.45) is 0 Å². The summed E-state index contributed by atoms with van der Waals surface area (Å²) in [6.07, 6.45) is 3.20. The van der Waals surface area contributed by atoms with Crippen molar-refractivity contribution < 1.29 is 13.3 Å². The van der Waals surface area contributed by atoms with Gasteiger partial charge in [0.1, 0.15) is 11.5 Å². The van der Waals surface area contributed by atoms with E-state index in [0.717, 1.165) is 5.69 Å². The smallest absolute Gasteiger partial charge is 0.223 e. The fraction of sp³-hybridized carbons (Fsp3) is 0.105. The number of furan rings is 1. The molecule has 0 atom stereocenters. The molecule has 0 aliphatic heterocycles. The fourth-order valence-corrected chi connectivity index (χ4v) is 2.56. The van der Waals surface area contributed by atoms with Gasteiger partial charge in [-0.2, -0.15) is 0 Å². The van der Waals surface area contributed by atoms with Crippen LogP contribution in [-0.4, -0.2) is 15.1 Å². The van der Waals surface area contributed by atoms with Crippen LogP contribution in [0.4, 0.5) is 10.3 Å². The Balaban J connectivity index is 1.67. The van der Waals surface area contributed by atoms with Gasteiger partial charge in [-0.15, -0.1) is 0 Å². The van der Waals surface area contributed by atoms with Crippen LogP contribution in [0.1, 0.15) is 11.3 Å². The number of nitrogens with zero attached hydrogens (tertiary/aromatic N) is 3. The summed E-state index contributed by atoms with van der Waals surface area (Å²) in [6, 6.07) is 11.9. The van der Waals surface area contributed by atoms with Crippen molar-refractivity contribution >= 4 is 5.95 Å². The van der Waals surface area contributed by atoms with Gasteiger partial charge >= 0.3 is 0 Å². The molecule has 4 aromatic rings. The lowest BCUT2D eigenvalue weighted by atomic mass is 10.1.